The van der Waals surface area contributed by atoms with Gasteiger partial charge in [0.05, 0.1) is 6.10 Å². The molecule has 90 valence electrons. The molecule has 4 heteroatoms. The average molecular weight is 262 g/mol. The van der Waals surface area contributed by atoms with Gasteiger partial charge in [-0.2, -0.15) is 0 Å². The Morgan fingerprint density at radius 3 is 2.62 bits per heavy atom. The maximum absolute atomic E-state index is 9.23. The van der Waals surface area contributed by atoms with E-state index in [0.717, 1.165) is 12.0 Å². The van der Waals surface area contributed by atoms with Crippen LogP contribution >= 0.6 is 23.2 Å². The Morgan fingerprint density at radius 2 is 2.00 bits per heavy atom. The lowest BCUT2D eigenvalue weighted by atomic mass is 10.1. The van der Waals surface area contributed by atoms with E-state index in [1.54, 1.807) is 19.1 Å². The summed E-state index contributed by atoms with van der Waals surface area (Å²) < 4.78 is 0. The minimum atomic E-state index is -0.294. The fourth-order valence-electron chi connectivity index (χ4n) is 1.56. The summed E-state index contributed by atoms with van der Waals surface area (Å²) in [5.41, 5.74) is 0.978. The predicted octanol–water partition coefficient (Wildman–Crippen LogP) is 3.24. The number of benzene rings is 1. The van der Waals surface area contributed by atoms with E-state index >= 15 is 0 Å². The van der Waals surface area contributed by atoms with Crippen LogP contribution in [-0.4, -0.2) is 17.3 Å². The van der Waals surface area contributed by atoms with E-state index in [-0.39, 0.29) is 12.1 Å². The summed E-state index contributed by atoms with van der Waals surface area (Å²) in [7, 11) is 0. The molecule has 0 aromatic heterocycles. The monoisotopic (exact) mass is 261 g/mol. The smallest absolute Gasteiger partial charge is 0.0526 e. The SMILES string of the molecule is CC(O)CC(C)NCc1cc(Cl)ccc1Cl. The first-order valence-corrected chi connectivity index (χ1v) is 6.10. The van der Waals surface area contributed by atoms with Crippen LogP contribution in [-0.2, 0) is 6.54 Å². The highest BCUT2D eigenvalue weighted by molar-refractivity contribution is 6.33. The summed E-state index contributed by atoms with van der Waals surface area (Å²) in [4.78, 5) is 0. The molecule has 1 aromatic rings. The molecule has 16 heavy (non-hydrogen) atoms. The summed E-state index contributed by atoms with van der Waals surface area (Å²) in [6.07, 6.45) is 0.426. The van der Waals surface area contributed by atoms with Crippen LogP contribution in [0, 0.1) is 0 Å². The molecule has 0 bridgehead atoms. The highest BCUT2D eigenvalue weighted by Crippen LogP contribution is 2.20. The summed E-state index contributed by atoms with van der Waals surface area (Å²) in [5, 5.41) is 13.9. The number of halogens is 2. The molecule has 1 rings (SSSR count). The second-order valence-corrected chi connectivity index (χ2v) is 4.95. The topological polar surface area (TPSA) is 32.3 Å². The number of rotatable bonds is 5. The van der Waals surface area contributed by atoms with Crippen molar-refractivity contribution in [2.45, 2.75) is 39.0 Å². The largest absolute Gasteiger partial charge is 0.393 e. The third-order valence-corrected chi connectivity index (χ3v) is 2.95. The van der Waals surface area contributed by atoms with E-state index in [1.165, 1.54) is 0 Å². The van der Waals surface area contributed by atoms with Crippen molar-refractivity contribution in [3.05, 3.63) is 33.8 Å². The van der Waals surface area contributed by atoms with E-state index < -0.39 is 0 Å². The minimum absolute atomic E-state index is 0.245. The van der Waals surface area contributed by atoms with Gasteiger partial charge in [0.2, 0.25) is 0 Å². The third kappa shape index (κ3) is 4.71. The van der Waals surface area contributed by atoms with Crippen molar-refractivity contribution in [3.63, 3.8) is 0 Å². The Morgan fingerprint density at radius 1 is 1.31 bits per heavy atom. The van der Waals surface area contributed by atoms with Gasteiger partial charge < -0.3 is 10.4 Å². The molecule has 2 N–H and O–H groups in total. The maximum Gasteiger partial charge on any atom is 0.0526 e. The van der Waals surface area contributed by atoms with Crippen molar-refractivity contribution in [2.75, 3.05) is 0 Å². The summed E-state index contributed by atoms with van der Waals surface area (Å²) in [6.45, 7) is 4.48. The maximum atomic E-state index is 9.23. The lowest BCUT2D eigenvalue weighted by Crippen LogP contribution is -2.28. The third-order valence-electron chi connectivity index (χ3n) is 2.34. The van der Waals surface area contributed by atoms with Gasteiger partial charge in [0.15, 0.2) is 0 Å². The van der Waals surface area contributed by atoms with Gasteiger partial charge in [0.1, 0.15) is 0 Å². The molecular weight excluding hydrogens is 245 g/mol. The van der Waals surface area contributed by atoms with Crippen LogP contribution in [0.15, 0.2) is 18.2 Å². The van der Waals surface area contributed by atoms with Gasteiger partial charge in [-0.25, -0.2) is 0 Å². The van der Waals surface area contributed by atoms with Crippen LogP contribution in [0.25, 0.3) is 0 Å². The Labute approximate surface area is 107 Å². The molecular formula is C12H17Cl2NO. The molecule has 1 aromatic carbocycles. The molecule has 2 unspecified atom stereocenters. The van der Waals surface area contributed by atoms with Gasteiger partial charge in [-0.15, -0.1) is 0 Å². The minimum Gasteiger partial charge on any atom is -0.393 e. The average Bonchev–Trinajstić information content (AvgIpc) is 2.18. The molecule has 0 aliphatic rings. The number of hydrogen-bond acceptors (Lipinski definition) is 2. The van der Waals surface area contributed by atoms with E-state index in [1.807, 2.05) is 13.0 Å². The van der Waals surface area contributed by atoms with Crippen LogP contribution in [0.1, 0.15) is 25.8 Å². The van der Waals surface area contributed by atoms with Gasteiger partial charge in [-0.3, -0.25) is 0 Å². The normalized spacial score (nSPS) is 14.8. The zero-order chi connectivity index (χ0) is 12.1. The lowest BCUT2D eigenvalue weighted by molar-refractivity contribution is 0.170. The number of aliphatic hydroxyl groups excluding tert-OH is 1. The Hall–Kier alpha value is -0.280. The fourth-order valence-corrected chi connectivity index (χ4v) is 1.94. The number of aliphatic hydroxyl groups is 1. The van der Waals surface area contributed by atoms with E-state index in [2.05, 4.69) is 5.32 Å². The number of nitrogens with one attached hydrogen (secondary N) is 1. The second kappa shape index (κ2) is 6.45. The molecule has 0 amide bonds. The first-order valence-electron chi connectivity index (χ1n) is 5.34. The van der Waals surface area contributed by atoms with Crippen molar-refractivity contribution in [1.29, 1.82) is 0 Å². The zero-order valence-corrected chi connectivity index (χ0v) is 11.0. The molecule has 2 nitrogen and oxygen atoms in total. The Balaban J connectivity index is 2.51. The van der Waals surface area contributed by atoms with Crippen LogP contribution in [0.2, 0.25) is 10.0 Å². The Bertz CT molecular complexity index is 342. The van der Waals surface area contributed by atoms with E-state index in [9.17, 15) is 5.11 Å². The van der Waals surface area contributed by atoms with Gasteiger partial charge in [-0.1, -0.05) is 23.2 Å². The quantitative estimate of drug-likeness (QED) is 0.853. The van der Waals surface area contributed by atoms with Crippen molar-refractivity contribution < 1.29 is 5.11 Å². The molecule has 2 atom stereocenters. The first kappa shape index (κ1) is 13.8. The van der Waals surface area contributed by atoms with Crippen LogP contribution in [0.3, 0.4) is 0 Å². The van der Waals surface area contributed by atoms with E-state index in [4.69, 9.17) is 23.2 Å². The summed E-state index contributed by atoms with van der Waals surface area (Å²) >= 11 is 11.9. The number of hydrogen-bond donors (Lipinski definition) is 2. The lowest BCUT2D eigenvalue weighted by Gasteiger charge is -2.16. The van der Waals surface area contributed by atoms with E-state index in [0.29, 0.717) is 16.6 Å². The molecule has 0 fully saturated rings. The summed E-state index contributed by atoms with van der Waals surface area (Å²) in [5.74, 6) is 0. The molecule has 0 spiro atoms. The van der Waals surface area contributed by atoms with Crippen LogP contribution < -0.4 is 5.32 Å². The predicted molar refractivity (Wildman–Crippen MR) is 69.1 cm³/mol. The standard InChI is InChI=1S/C12H17Cl2NO/c1-8(5-9(2)16)15-7-10-6-11(13)3-4-12(10)14/h3-4,6,8-9,15-16H,5,7H2,1-2H3. The summed E-state index contributed by atoms with van der Waals surface area (Å²) in [6, 6.07) is 5.66. The molecule has 0 aliphatic heterocycles. The zero-order valence-electron chi connectivity index (χ0n) is 9.50. The molecule has 0 heterocycles. The van der Waals surface area contributed by atoms with Crippen molar-refractivity contribution in [2.24, 2.45) is 0 Å². The highest BCUT2D eigenvalue weighted by atomic mass is 35.5. The molecule has 0 saturated carbocycles. The highest BCUT2D eigenvalue weighted by Gasteiger charge is 2.07. The van der Waals surface area contributed by atoms with Gasteiger partial charge in [0, 0.05) is 22.6 Å². The van der Waals surface area contributed by atoms with Crippen molar-refractivity contribution in [3.8, 4) is 0 Å². The van der Waals surface area contributed by atoms with Crippen molar-refractivity contribution in [1.82, 2.24) is 5.32 Å². The fraction of sp³-hybridized carbons (Fsp3) is 0.500. The Kier molecular flexibility index (Phi) is 5.56. The molecule has 0 saturated heterocycles. The van der Waals surface area contributed by atoms with Gasteiger partial charge >= 0.3 is 0 Å². The molecule has 0 aliphatic carbocycles. The van der Waals surface area contributed by atoms with Gasteiger partial charge in [-0.05, 0) is 44.0 Å². The van der Waals surface area contributed by atoms with Gasteiger partial charge in [0.25, 0.3) is 0 Å². The first-order chi connectivity index (χ1) is 7.49. The van der Waals surface area contributed by atoms with Crippen LogP contribution in [0.5, 0.6) is 0 Å². The van der Waals surface area contributed by atoms with Crippen molar-refractivity contribution >= 4 is 23.2 Å². The van der Waals surface area contributed by atoms with Crippen LogP contribution in [0.4, 0.5) is 0 Å². The molecule has 0 radical (unpaired) electrons. The second-order valence-electron chi connectivity index (χ2n) is 4.10.